The Morgan fingerprint density at radius 3 is 2.58 bits per heavy atom. The number of nitrogen functional groups attached to an aromatic ring is 1. The van der Waals surface area contributed by atoms with Crippen molar-refractivity contribution < 1.29 is 0 Å². The first-order chi connectivity index (χ1) is 9.27. The topological polar surface area (TPSA) is 82.5 Å². The number of hydrogen-bond donors (Lipinski definition) is 1. The standard InChI is InChI=1S/C13H18N6/c1-9-17-18-13(11-12(14)16-8-7-15-11)19(9)10-5-3-2-4-6-10/h7-8,10H,2-6H2,1H3,(H2,14,16). The molecule has 2 heterocycles. The molecule has 0 radical (unpaired) electrons. The van der Waals surface area contributed by atoms with E-state index in [0.717, 1.165) is 11.6 Å². The van der Waals surface area contributed by atoms with Crippen LogP contribution in [0.25, 0.3) is 11.5 Å². The number of anilines is 1. The van der Waals surface area contributed by atoms with Crippen LogP contribution in [0.2, 0.25) is 0 Å². The summed E-state index contributed by atoms with van der Waals surface area (Å²) >= 11 is 0. The van der Waals surface area contributed by atoms with E-state index >= 15 is 0 Å². The van der Waals surface area contributed by atoms with Crippen LogP contribution in [-0.2, 0) is 0 Å². The molecule has 2 N–H and O–H groups in total. The third kappa shape index (κ3) is 2.18. The largest absolute Gasteiger partial charge is 0.382 e. The first kappa shape index (κ1) is 12.1. The van der Waals surface area contributed by atoms with E-state index < -0.39 is 0 Å². The second-order valence-corrected chi connectivity index (χ2v) is 5.02. The highest BCUT2D eigenvalue weighted by atomic mass is 15.3. The van der Waals surface area contributed by atoms with Crippen LogP contribution < -0.4 is 5.73 Å². The van der Waals surface area contributed by atoms with Crippen molar-refractivity contribution in [1.29, 1.82) is 0 Å². The van der Waals surface area contributed by atoms with Crippen LogP contribution in [0.1, 0.15) is 44.0 Å². The number of aryl methyl sites for hydroxylation is 1. The molecule has 2 aromatic heterocycles. The summed E-state index contributed by atoms with van der Waals surface area (Å²) in [5.41, 5.74) is 6.54. The van der Waals surface area contributed by atoms with Crippen molar-refractivity contribution in [3.63, 3.8) is 0 Å². The summed E-state index contributed by atoms with van der Waals surface area (Å²) in [6.45, 7) is 1.98. The first-order valence-corrected chi connectivity index (χ1v) is 6.75. The van der Waals surface area contributed by atoms with Gasteiger partial charge in [-0.1, -0.05) is 19.3 Å². The fourth-order valence-electron chi connectivity index (χ4n) is 2.83. The monoisotopic (exact) mass is 258 g/mol. The van der Waals surface area contributed by atoms with Crippen LogP contribution in [-0.4, -0.2) is 24.7 Å². The van der Waals surface area contributed by atoms with E-state index in [4.69, 9.17) is 5.73 Å². The Labute approximate surface area is 112 Å². The first-order valence-electron chi connectivity index (χ1n) is 6.75. The van der Waals surface area contributed by atoms with E-state index in [1.165, 1.54) is 32.1 Å². The molecule has 0 spiro atoms. The van der Waals surface area contributed by atoms with Crippen LogP contribution in [0, 0.1) is 6.92 Å². The summed E-state index contributed by atoms with van der Waals surface area (Å²) in [5.74, 6) is 2.08. The zero-order valence-corrected chi connectivity index (χ0v) is 11.1. The van der Waals surface area contributed by atoms with Gasteiger partial charge >= 0.3 is 0 Å². The van der Waals surface area contributed by atoms with Crippen molar-refractivity contribution in [2.45, 2.75) is 45.1 Å². The molecular weight excluding hydrogens is 240 g/mol. The average Bonchev–Trinajstić information content (AvgIpc) is 2.82. The molecule has 6 nitrogen and oxygen atoms in total. The van der Waals surface area contributed by atoms with E-state index in [0.29, 0.717) is 17.6 Å². The van der Waals surface area contributed by atoms with Gasteiger partial charge in [-0.3, -0.25) is 0 Å². The summed E-state index contributed by atoms with van der Waals surface area (Å²) in [5, 5.41) is 8.45. The van der Waals surface area contributed by atoms with Crippen LogP contribution in [0.15, 0.2) is 12.4 Å². The quantitative estimate of drug-likeness (QED) is 0.892. The van der Waals surface area contributed by atoms with Gasteiger partial charge in [-0.25, -0.2) is 9.97 Å². The minimum absolute atomic E-state index is 0.409. The van der Waals surface area contributed by atoms with Gasteiger partial charge in [0.05, 0.1) is 0 Å². The van der Waals surface area contributed by atoms with Gasteiger partial charge in [0.1, 0.15) is 11.5 Å². The Morgan fingerprint density at radius 1 is 1.11 bits per heavy atom. The van der Waals surface area contributed by atoms with Gasteiger partial charge in [-0.05, 0) is 19.8 Å². The summed E-state index contributed by atoms with van der Waals surface area (Å²) in [7, 11) is 0. The Hall–Kier alpha value is -1.98. The molecule has 3 rings (SSSR count). The second kappa shape index (κ2) is 4.95. The maximum absolute atomic E-state index is 5.91. The van der Waals surface area contributed by atoms with Crippen molar-refractivity contribution in [3.8, 4) is 11.5 Å². The lowest BCUT2D eigenvalue weighted by Gasteiger charge is -2.25. The number of hydrogen-bond acceptors (Lipinski definition) is 5. The zero-order chi connectivity index (χ0) is 13.2. The van der Waals surface area contributed by atoms with Crippen LogP contribution >= 0.6 is 0 Å². The highest BCUT2D eigenvalue weighted by Crippen LogP contribution is 2.32. The van der Waals surface area contributed by atoms with Gasteiger partial charge in [0.25, 0.3) is 0 Å². The van der Waals surface area contributed by atoms with Crippen molar-refractivity contribution in [2.75, 3.05) is 5.73 Å². The summed E-state index contributed by atoms with van der Waals surface area (Å²) < 4.78 is 2.18. The van der Waals surface area contributed by atoms with Crippen molar-refractivity contribution in [2.24, 2.45) is 0 Å². The SMILES string of the molecule is Cc1nnc(-c2nccnc2N)n1C1CCCCC1. The van der Waals surface area contributed by atoms with Gasteiger partial charge < -0.3 is 10.3 Å². The fourth-order valence-corrected chi connectivity index (χ4v) is 2.83. The van der Waals surface area contributed by atoms with Gasteiger partial charge in [0.2, 0.25) is 0 Å². The van der Waals surface area contributed by atoms with Gasteiger partial charge in [0, 0.05) is 18.4 Å². The molecule has 0 saturated heterocycles. The van der Waals surface area contributed by atoms with E-state index in [9.17, 15) is 0 Å². The van der Waals surface area contributed by atoms with E-state index in [2.05, 4.69) is 24.7 Å². The molecular formula is C13H18N6. The molecule has 0 bridgehead atoms. The number of aromatic nitrogens is 5. The molecule has 0 aliphatic heterocycles. The summed E-state index contributed by atoms with van der Waals surface area (Å²) in [4.78, 5) is 8.39. The zero-order valence-electron chi connectivity index (χ0n) is 11.1. The van der Waals surface area contributed by atoms with Gasteiger partial charge in [-0.2, -0.15) is 0 Å². The van der Waals surface area contributed by atoms with Crippen molar-refractivity contribution in [3.05, 3.63) is 18.2 Å². The van der Waals surface area contributed by atoms with Crippen molar-refractivity contribution in [1.82, 2.24) is 24.7 Å². The molecule has 100 valence electrons. The Kier molecular flexibility index (Phi) is 3.15. The lowest BCUT2D eigenvalue weighted by atomic mass is 9.95. The molecule has 1 aliphatic rings. The molecule has 1 saturated carbocycles. The molecule has 1 aliphatic carbocycles. The van der Waals surface area contributed by atoms with Crippen LogP contribution in [0.4, 0.5) is 5.82 Å². The lowest BCUT2D eigenvalue weighted by molar-refractivity contribution is 0.350. The highest BCUT2D eigenvalue weighted by Gasteiger charge is 2.23. The predicted molar refractivity (Wildman–Crippen MR) is 72.3 cm³/mol. The molecule has 0 aromatic carbocycles. The molecule has 6 heteroatoms. The fraction of sp³-hybridized carbons (Fsp3) is 0.538. The summed E-state index contributed by atoms with van der Waals surface area (Å²) in [6.07, 6.45) is 9.42. The normalized spacial score (nSPS) is 16.7. The lowest BCUT2D eigenvalue weighted by Crippen LogP contribution is -2.16. The minimum atomic E-state index is 0.409. The van der Waals surface area contributed by atoms with Crippen LogP contribution in [0.5, 0.6) is 0 Å². The van der Waals surface area contributed by atoms with E-state index in [1.54, 1.807) is 12.4 Å². The molecule has 19 heavy (non-hydrogen) atoms. The highest BCUT2D eigenvalue weighted by molar-refractivity contribution is 5.63. The number of rotatable bonds is 2. The maximum Gasteiger partial charge on any atom is 0.186 e. The summed E-state index contributed by atoms with van der Waals surface area (Å²) in [6, 6.07) is 0.458. The third-order valence-corrected chi connectivity index (χ3v) is 3.74. The second-order valence-electron chi connectivity index (χ2n) is 5.02. The third-order valence-electron chi connectivity index (χ3n) is 3.74. The molecule has 0 unspecified atom stereocenters. The van der Waals surface area contributed by atoms with E-state index in [-0.39, 0.29) is 0 Å². The Morgan fingerprint density at radius 2 is 1.84 bits per heavy atom. The predicted octanol–water partition coefficient (Wildman–Crippen LogP) is 2.13. The number of nitrogens with two attached hydrogens (primary N) is 1. The smallest absolute Gasteiger partial charge is 0.186 e. The van der Waals surface area contributed by atoms with Gasteiger partial charge in [0.15, 0.2) is 11.6 Å². The Balaban J connectivity index is 2.05. The average molecular weight is 258 g/mol. The van der Waals surface area contributed by atoms with E-state index in [1.807, 2.05) is 6.92 Å². The van der Waals surface area contributed by atoms with Crippen LogP contribution in [0.3, 0.4) is 0 Å². The number of nitrogens with zero attached hydrogens (tertiary/aromatic N) is 5. The molecule has 0 atom stereocenters. The van der Waals surface area contributed by atoms with Crippen molar-refractivity contribution >= 4 is 5.82 Å². The molecule has 2 aromatic rings. The maximum atomic E-state index is 5.91. The minimum Gasteiger partial charge on any atom is -0.382 e. The molecule has 0 amide bonds. The molecule has 1 fully saturated rings. The Bertz CT molecular complexity index is 570. The van der Waals surface area contributed by atoms with Gasteiger partial charge in [-0.15, -0.1) is 10.2 Å².